The molecule has 1 aromatic carbocycles. The maximum atomic E-state index is 12.5. The molecule has 1 heterocycles. The first-order chi connectivity index (χ1) is 13.0. The van der Waals surface area contributed by atoms with Crippen LogP contribution in [0.2, 0.25) is 0 Å². The molecule has 0 radical (unpaired) electrons. The number of esters is 1. The lowest BCUT2D eigenvalue weighted by molar-refractivity contribution is -0.118. The quantitative estimate of drug-likeness (QED) is 0.638. The topological polar surface area (TPSA) is 64.6 Å². The van der Waals surface area contributed by atoms with Gasteiger partial charge >= 0.3 is 5.97 Å². The second kappa shape index (κ2) is 8.89. The van der Waals surface area contributed by atoms with Gasteiger partial charge in [-0.3, -0.25) is 4.79 Å². The largest absolute Gasteiger partial charge is 0.484 e. The third-order valence-corrected chi connectivity index (χ3v) is 6.07. The van der Waals surface area contributed by atoms with Crippen molar-refractivity contribution in [2.45, 2.75) is 33.1 Å². The van der Waals surface area contributed by atoms with E-state index in [1.165, 1.54) is 16.2 Å². The molecule has 0 unspecified atom stereocenters. The second-order valence-electron chi connectivity index (χ2n) is 6.57. The Morgan fingerprint density at radius 3 is 2.93 bits per heavy atom. The number of anilines is 1. The minimum atomic E-state index is -0.368. The van der Waals surface area contributed by atoms with Gasteiger partial charge in [-0.05, 0) is 55.9 Å². The summed E-state index contributed by atoms with van der Waals surface area (Å²) in [5, 5.41) is 3.41. The van der Waals surface area contributed by atoms with Crippen molar-refractivity contribution in [3.63, 3.8) is 0 Å². The van der Waals surface area contributed by atoms with Gasteiger partial charge in [0.2, 0.25) is 0 Å². The average Bonchev–Trinajstić information content (AvgIpc) is 2.97. The van der Waals surface area contributed by atoms with E-state index in [1.807, 2.05) is 12.1 Å². The summed E-state index contributed by atoms with van der Waals surface area (Å²) in [6, 6.07) is 7.30. The predicted molar refractivity (Wildman–Crippen MR) is 110 cm³/mol. The molecular formula is C20H22BrNO4S. The van der Waals surface area contributed by atoms with E-state index < -0.39 is 0 Å². The van der Waals surface area contributed by atoms with Crippen LogP contribution in [0, 0.1) is 5.92 Å². The molecule has 0 bridgehead atoms. The van der Waals surface area contributed by atoms with E-state index in [2.05, 4.69) is 28.2 Å². The summed E-state index contributed by atoms with van der Waals surface area (Å²) in [5.41, 5.74) is 1.54. The smallest absolute Gasteiger partial charge is 0.341 e. The number of carbonyl (C=O) groups excluding carboxylic acids is 2. The maximum absolute atomic E-state index is 12.5. The molecule has 1 aromatic heterocycles. The zero-order valence-corrected chi connectivity index (χ0v) is 17.7. The summed E-state index contributed by atoms with van der Waals surface area (Å²) in [6.07, 6.45) is 2.80. The van der Waals surface area contributed by atoms with Gasteiger partial charge in [0.25, 0.3) is 5.91 Å². The highest BCUT2D eigenvalue weighted by Gasteiger charge is 2.29. The Kier molecular flexibility index (Phi) is 6.55. The van der Waals surface area contributed by atoms with Gasteiger partial charge in [-0.1, -0.05) is 28.9 Å². The van der Waals surface area contributed by atoms with Crippen LogP contribution < -0.4 is 10.1 Å². The molecule has 3 rings (SSSR count). The number of amides is 1. The Morgan fingerprint density at radius 1 is 1.37 bits per heavy atom. The monoisotopic (exact) mass is 451 g/mol. The average molecular weight is 452 g/mol. The van der Waals surface area contributed by atoms with E-state index in [4.69, 9.17) is 9.47 Å². The molecule has 144 valence electrons. The van der Waals surface area contributed by atoms with E-state index in [0.717, 1.165) is 29.3 Å². The number of rotatable bonds is 6. The summed E-state index contributed by atoms with van der Waals surface area (Å²) in [4.78, 5) is 26.0. The molecule has 0 fully saturated rings. The molecule has 1 aliphatic carbocycles. The molecule has 1 aliphatic rings. The Bertz CT molecular complexity index is 849. The van der Waals surface area contributed by atoms with Gasteiger partial charge < -0.3 is 14.8 Å². The van der Waals surface area contributed by atoms with Crippen LogP contribution in [0.4, 0.5) is 5.00 Å². The standard InChI is InChI=1S/C20H22BrNO4S/c1-3-25-20(24)18-15-8-7-12(2)9-16(15)27-19(18)22-17(23)11-26-14-6-4-5-13(21)10-14/h4-6,10,12H,3,7-9,11H2,1-2H3,(H,22,23)/t12-/m0/s1. The number of nitrogens with one attached hydrogen (secondary N) is 1. The van der Waals surface area contributed by atoms with Crippen molar-refractivity contribution >= 4 is 44.1 Å². The lowest BCUT2D eigenvalue weighted by Crippen LogP contribution is -2.21. The lowest BCUT2D eigenvalue weighted by Gasteiger charge is -2.18. The molecule has 1 atom stereocenters. The summed E-state index contributed by atoms with van der Waals surface area (Å²) in [7, 11) is 0. The highest BCUT2D eigenvalue weighted by molar-refractivity contribution is 9.10. The van der Waals surface area contributed by atoms with Gasteiger partial charge in [0.1, 0.15) is 10.8 Å². The molecule has 0 spiro atoms. The summed E-state index contributed by atoms with van der Waals surface area (Å²) in [5.74, 6) is 0.513. The number of carbonyl (C=O) groups is 2. The van der Waals surface area contributed by atoms with E-state index in [1.54, 1.807) is 19.1 Å². The first-order valence-electron chi connectivity index (χ1n) is 8.97. The Hall–Kier alpha value is -1.86. The fraction of sp³-hybridized carbons (Fsp3) is 0.400. The van der Waals surface area contributed by atoms with Crippen LogP contribution in [-0.2, 0) is 22.4 Å². The first kappa shape index (κ1) is 19.9. The predicted octanol–water partition coefficient (Wildman–Crippen LogP) is 4.83. The fourth-order valence-corrected chi connectivity index (χ4v) is 4.92. The fourth-order valence-electron chi connectivity index (χ4n) is 3.13. The maximum Gasteiger partial charge on any atom is 0.341 e. The number of hydrogen-bond acceptors (Lipinski definition) is 5. The summed E-state index contributed by atoms with van der Waals surface area (Å²) in [6.45, 7) is 4.16. The highest BCUT2D eigenvalue weighted by Crippen LogP contribution is 2.40. The van der Waals surface area contributed by atoms with Gasteiger partial charge in [0, 0.05) is 9.35 Å². The van der Waals surface area contributed by atoms with Crippen molar-refractivity contribution in [3.05, 3.63) is 44.7 Å². The van der Waals surface area contributed by atoms with Crippen LogP contribution in [0.1, 0.15) is 41.1 Å². The van der Waals surface area contributed by atoms with Crippen molar-refractivity contribution < 1.29 is 19.1 Å². The molecule has 0 aliphatic heterocycles. The van der Waals surface area contributed by atoms with Crippen molar-refractivity contribution in [1.29, 1.82) is 0 Å². The van der Waals surface area contributed by atoms with Crippen molar-refractivity contribution in [2.75, 3.05) is 18.5 Å². The SMILES string of the molecule is CCOC(=O)c1c(NC(=O)COc2cccc(Br)c2)sc2c1CC[C@H](C)C2. The Balaban J connectivity index is 1.75. The van der Waals surface area contributed by atoms with Gasteiger partial charge in [-0.2, -0.15) is 0 Å². The normalized spacial score (nSPS) is 15.7. The van der Waals surface area contributed by atoms with Gasteiger partial charge in [0.15, 0.2) is 6.61 Å². The second-order valence-corrected chi connectivity index (χ2v) is 8.59. The van der Waals surface area contributed by atoms with E-state index in [-0.39, 0.29) is 18.5 Å². The van der Waals surface area contributed by atoms with Crippen LogP contribution in [0.3, 0.4) is 0 Å². The zero-order chi connectivity index (χ0) is 19.4. The molecule has 27 heavy (non-hydrogen) atoms. The van der Waals surface area contributed by atoms with Crippen LogP contribution in [0.5, 0.6) is 5.75 Å². The van der Waals surface area contributed by atoms with Gasteiger partial charge in [-0.25, -0.2) is 4.79 Å². The highest BCUT2D eigenvalue weighted by atomic mass is 79.9. The molecule has 5 nitrogen and oxygen atoms in total. The van der Waals surface area contributed by atoms with Crippen molar-refractivity contribution in [1.82, 2.24) is 0 Å². The first-order valence-corrected chi connectivity index (χ1v) is 10.6. The van der Waals surface area contributed by atoms with Crippen LogP contribution in [0.25, 0.3) is 0 Å². The van der Waals surface area contributed by atoms with Gasteiger partial charge in [-0.15, -0.1) is 11.3 Å². The number of hydrogen-bond donors (Lipinski definition) is 1. The number of thiophene rings is 1. The molecule has 1 amide bonds. The number of benzene rings is 1. The molecule has 7 heteroatoms. The van der Waals surface area contributed by atoms with Crippen molar-refractivity contribution in [2.24, 2.45) is 5.92 Å². The molecular weight excluding hydrogens is 430 g/mol. The third-order valence-electron chi connectivity index (χ3n) is 4.41. The molecule has 0 saturated carbocycles. The van der Waals surface area contributed by atoms with E-state index in [9.17, 15) is 9.59 Å². The number of halogens is 1. The zero-order valence-electron chi connectivity index (χ0n) is 15.3. The van der Waals surface area contributed by atoms with Crippen LogP contribution in [0.15, 0.2) is 28.7 Å². The van der Waals surface area contributed by atoms with E-state index >= 15 is 0 Å². The molecule has 0 saturated heterocycles. The van der Waals surface area contributed by atoms with E-state index in [0.29, 0.717) is 28.8 Å². The third kappa shape index (κ3) is 4.90. The summed E-state index contributed by atoms with van der Waals surface area (Å²) < 4.78 is 11.6. The number of fused-ring (bicyclic) bond motifs is 1. The minimum absolute atomic E-state index is 0.127. The van der Waals surface area contributed by atoms with Crippen molar-refractivity contribution in [3.8, 4) is 5.75 Å². The van der Waals surface area contributed by atoms with Gasteiger partial charge in [0.05, 0.1) is 12.2 Å². The van der Waals surface area contributed by atoms with Crippen LogP contribution >= 0.6 is 27.3 Å². The summed E-state index contributed by atoms with van der Waals surface area (Å²) >= 11 is 4.85. The Morgan fingerprint density at radius 2 is 2.19 bits per heavy atom. The van der Waals surface area contributed by atoms with Crippen LogP contribution in [-0.4, -0.2) is 25.1 Å². The lowest BCUT2D eigenvalue weighted by atomic mass is 9.88. The molecule has 1 N–H and O–H groups in total. The molecule has 2 aromatic rings. The number of ether oxygens (including phenoxy) is 2. The minimum Gasteiger partial charge on any atom is -0.484 e. The Labute approximate surface area is 171 Å².